The van der Waals surface area contributed by atoms with Crippen molar-refractivity contribution in [3.63, 3.8) is 0 Å². The summed E-state index contributed by atoms with van der Waals surface area (Å²) < 4.78 is 0. The molecule has 0 aromatic heterocycles. The average molecular weight is 183 g/mol. The number of carboxylic acid groups (broad SMARTS) is 1. The molecule has 3 N–H and O–H groups in total. The van der Waals surface area contributed by atoms with Crippen LogP contribution in [0.1, 0.15) is 38.5 Å². The van der Waals surface area contributed by atoms with Crippen molar-refractivity contribution in [3.8, 4) is 0 Å². The monoisotopic (exact) mass is 183 g/mol. The van der Waals surface area contributed by atoms with Gasteiger partial charge in [-0.3, -0.25) is 4.79 Å². The molecular formula is C10H17NO2. The van der Waals surface area contributed by atoms with Crippen LogP contribution >= 0.6 is 0 Å². The third-order valence-electron chi connectivity index (χ3n) is 4.10. The van der Waals surface area contributed by atoms with Crippen LogP contribution in [0.2, 0.25) is 0 Å². The topological polar surface area (TPSA) is 63.3 Å². The first-order valence-corrected chi connectivity index (χ1v) is 5.10. The summed E-state index contributed by atoms with van der Waals surface area (Å²) in [5, 5.41) is 9.14. The fourth-order valence-electron chi connectivity index (χ4n) is 3.10. The van der Waals surface area contributed by atoms with Crippen LogP contribution in [-0.4, -0.2) is 17.6 Å². The molecule has 1 atom stereocenters. The molecule has 0 heterocycles. The lowest BCUT2D eigenvalue weighted by Crippen LogP contribution is -2.32. The molecule has 3 nitrogen and oxygen atoms in total. The molecule has 3 heteroatoms. The Morgan fingerprint density at radius 1 is 1.31 bits per heavy atom. The maximum Gasteiger partial charge on any atom is 0.311 e. The van der Waals surface area contributed by atoms with Gasteiger partial charge in [0.2, 0.25) is 0 Å². The van der Waals surface area contributed by atoms with Gasteiger partial charge in [-0.05, 0) is 24.7 Å². The number of carbonyl (C=O) groups is 1. The molecule has 74 valence electrons. The second kappa shape index (κ2) is 2.71. The highest BCUT2D eigenvalue weighted by atomic mass is 16.4. The Kier molecular flexibility index (Phi) is 1.88. The van der Waals surface area contributed by atoms with Crippen LogP contribution in [0.25, 0.3) is 0 Å². The van der Waals surface area contributed by atoms with Crippen LogP contribution in [-0.2, 0) is 4.79 Å². The highest BCUT2D eigenvalue weighted by Crippen LogP contribution is 2.70. The highest BCUT2D eigenvalue weighted by molar-refractivity contribution is 5.80. The van der Waals surface area contributed by atoms with Crippen LogP contribution < -0.4 is 5.73 Å². The molecule has 0 radical (unpaired) electrons. The molecule has 0 bridgehead atoms. The van der Waals surface area contributed by atoms with E-state index in [-0.39, 0.29) is 5.41 Å². The van der Waals surface area contributed by atoms with Crippen molar-refractivity contribution in [2.45, 2.75) is 38.5 Å². The van der Waals surface area contributed by atoms with Crippen LogP contribution in [0.3, 0.4) is 0 Å². The summed E-state index contributed by atoms with van der Waals surface area (Å²) >= 11 is 0. The highest BCUT2D eigenvalue weighted by Gasteiger charge is 2.70. The van der Waals surface area contributed by atoms with Gasteiger partial charge in [-0.2, -0.15) is 0 Å². The summed E-state index contributed by atoms with van der Waals surface area (Å²) in [7, 11) is 0. The number of rotatable bonds is 2. The van der Waals surface area contributed by atoms with Gasteiger partial charge in [0.05, 0.1) is 5.41 Å². The Balaban J connectivity index is 2.15. The molecule has 1 spiro atoms. The van der Waals surface area contributed by atoms with Gasteiger partial charge in [0.1, 0.15) is 0 Å². The summed E-state index contributed by atoms with van der Waals surface area (Å²) in [4.78, 5) is 11.1. The van der Waals surface area contributed by atoms with Gasteiger partial charge in [-0.15, -0.1) is 0 Å². The summed E-state index contributed by atoms with van der Waals surface area (Å²) in [5.41, 5.74) is 5.14. The lowest BCUT2D eigenvalue weighted by molar-refractivity contribution is -0.144. The Hall–Kier alpha value is -0.570. The van der Waals surface area contributed by atoms with Crippen LogP contribution in [0, 0.1) is 10.8 Å². The van der Waals surface area contributed by atoms with E-state index in [0.717, 1.165) is 19.3 Å². The number of hydrogen-bond donors (Lipinski definition) is 2. The zero-order valence-electron chi connectivity index (χ0n) is 7.88. The predicted molar refractivity (Wildman–Crippen MR) is 49.3 cm³/mol. The fourth-order valence-corrected chi connectivity index (χ4v) is 3.10. The van der Waals surface area contributed by atoms with E-state index < -0.39 is 11.4 Å². The molecular weight excluding hydrogens is 166 g/mol. The summed E-state index contributed by atoms with van der Waals surface area (Å²) in [6.07, 6.45) is 6.63. The normalized spacial score (nSPS) is 36.1. The zero-order valence-corrected chi connectivity index (χ0v) is 7.88. The minimum Gasteiger partial charge on any atom is -0.481 e. The van der Waals surface area contributed by atoms with Gasteiger partial charge in [-0.1, -0.05) is 19.3 Å². The van der Waals surface area contributed by atoms with Gasteiger partial charge in [-0.25, -0.2) is 0 Å². The van der Waals surface area contributed by atoms with E-state index in [1.165, 1.54) is 19.3 Å². The van der Waals surface area contributed by atoms with Gasteiger partial charge < -0.3 is 10.8 Å². The summed E-state index contributed by atoms with van der Waals surface area (Å²) in [6, 6.07) is 0. The number of hydrogen-bond acceptors (Lipinski definition) is 2. The predicted octanol–water partition coefficient (Wildman–Crippen LogP) is 1.37. The SMILES string of the molecule is NC[C@]1(C(=O)O)CC12CCCCC2. The Morgan fingerprint density at radius 3 is 2.31 bits per heavy atom. The molecule has 0 saturated heterocycles. The first-order chi connectivity index (χ1) is 6.17. The number of aliphatic carboxylic acids is 1. The van der Waals surface area contributed by atoms with Gasteiger partial charge in [0.15, 0.2) is 0 Å². The van der Waals surface area contributed by atoms with Crippen molar-refractivity contribution in [2.24, 2.45) is 16.6 Å². The van der Waals surface area contributed by atoms with E-state index in [9.17, 15) is 4.79 Å². The maximum absolute atomic E-state index is 11.1. The molecule has 0 aromatic carbocycles. The van der Waals surface area contributed by atoms with Crippen LogP contribution in [0.4, 0.5) is 0 Å². The largest absolute Gasteiger partial charge is 0.481 e. The van der Waals surface area contributed by atoms with E-state index in [0.29, 0.717) is 6.54 Å². The maximum atomic E-state index is 11.1. The van der Waals surface area contributed by atoms with E-state index >= 15 is 0 Å². The molecule has 2 aliphatic carbocycles. The molecule has 2 rings (SSSR count). The summed E-state index contributed by atoms with van der Waals surface area (Å²) in [6.45, 7) is 0.322. The third-order valence-corrected chi connectivity index (χ3v) is 4.10. The average Bonchev–Trinajstić information content (AvgIpc) is 2.76. The molecule has 2 saturated carbocycles. The first kappa shape index (κ1) is 9.00. The van der Waals surface area contributed by atoms with E-state index in [2.05, 4.69) is 0 Å². The quantitative estimate of drug-likeness (QED) is 0.679. The Bertz CT molecular complexity index is 233. The number of carboxylic acids is 1. The minimum absolute atomic E-state index is 0.0891. The van der Waals surface area contributed by atoms with E-state index in [1.54, 1.807) is 0 Å². The van der Waals surface area contributed by atoms with E-state index in [4.69, 9.17) is 10.8 Å². The van der Waals surface area contributed by atoms with Gasteiger partial charge in [0, 0.05) is 6.54 Å². The van der Waals surface area contributed by atoms with Crippen molar-refractivity contribution in [1.82, 2.24) is 0 Å². The van der Waals surface area contributed by atoms with Crippen molar-refractivity contribution < 1.29 is 9.90 Å². The van der Waals surface area contributed by atoms with Gasteiger partial charge >= 0.3 is 5.97 Å². The summed E-state index contributed by atoms with van der Waals surface area (Å²) in [5.74, 6) is -0.670. The zero-order chi connectivity index (χ0) is 9.53. The molecule has 0 unspecified atom stereocenters. The lowest BCUT2D eigenvalue weighted by atomic mass is 9.79. The van der Waals surface area contributed by atoms with Gasteiger partial charge in [0.25, 0.3) is 0 Å². The second-order valence-corrected chi connectivity index (χ2v) is 4.61. The minimum atomic E-state index is -0.670. The van der Waals surface area contributed by atoms with E-state index in [1.807, 2.05) is 0 Å². The van der Waals surface area contributed by atoms with Crippen molar-refractivity contribution in [2.75, 3.05) is 6.54 Å². The molecule has 0 amide bonds. The Morgan fingerprint density at radius 2 is 1.92 bits per heavy atom. The lowest BCUT2D eigenvalue weighted by Gasteiger charge is -2.25. The molecule has 0 aromatic rings. The molecule has 13 heavy (non-hydrogen) atoms. The second-order valence-electron chi connectivity index (χ2n) is 4.61. The van der Waals surface area contributed by atoms with Crippen LogP contribution in [0.15, 0.2) is 0 Å². The third kappa shape index (κ3) is 1.03. The standard InChI is InChI=1S/C10H17NO2/c11-7-10(8(12)13)6-9(10)4-2-1-3-5-9/h1-7,11H2,(H,12,13)/t10-/m0/s1. The molecule has 2 aliphatic rings. The molecule has 2 fully saturated rings. The molecule has 0 aliphatic heterocycles. The Labute approximate surface area is 78.3 Å². The smallest absolute Gasteiger partial charge is 0.311 e. The van der Waals surface area contributed by atoms with Crippen molar-refractivity contribution >= 4 is 5.97 Å². The first-order valence-electron chi connectivity index (χ1n) is 5.10. The number of nitrogens with two attached hydrogens (primary N) is 1. The fraction of sp³-hybridized carbons (Fsp3) is 0.900. The van der Waals surface area contributed by atoms with Crippen molar-refractivity contribution in [1.29, 1.82) is 0 Å². The van der Waals surface area contributed by atoms with Crippen molar-refractivity contribution in [3.05, 3.63) is 0 Å². The van der Waals surface area contributed by atoms with Crippen LogP contribution in [0.5, 0.6) is 0 Å².